The van der Waals surface area contributed by atoms with Gasteiger partial charge in [-0.2, -0.15) is 32.0 Å². The zero-order chi connectivity index (χ0) is 39.0. The molecule has 7 N–H and O–H groups in total. The van der Waals surface area contributed by atoms with Crippen LogP contribution in [0.5, 0.6) is 0 Å². The average molecular weight is 893 g/mol. The van der Waals surface area contributed by atoms with Gasteiger partial charge in [-0.3, -0.25) is 19.2 Å². The van der Waals surface area contributed by atoms with Crippen LogP contribution >= 0.6 is 74.2 Å². The van der Waals surface area contributed by atoms with Gasteiger partial charge in [0.25, 0.3) is 11.1 Å². The Morgan fingerprint density at radius 3 is 1.64 bits per heavy atom. The average Bonchev–Trinajstić information content (AvgIpc) is 3.06. The third-order valence-corrected chi connectivity index (χ3v) is 7.78. The Balaban J connectivity index is 0.000000449. The van der Waals surface area contributed by atoms with Crippen LogP contribution in [-0.4, -0.2) is 41.7 Å². The van der Waals surface area contributed by atoms with Gasteiger partial charge in [-0.05, 0) is 74.0 Å². The molecule has 6 aromatic rings. The summed E-state index contributed by atoms with van der Waals surface area (Å²) in [5.74, 6) is -0.581. The molecule has 4 heterocycles. The van der Waals surface area contributed by atoms with Gasteiger partial charge < -0.3 is 31.7 Å². The summed E-state index contributed by atoms with van der Waals surface area (Å²) in [7, 11) is 0. The largest absolute Gasteiger partial charge is 0.347 e. The number of halogens is 6. The van der Waals surface area contributed by atoms with E-state index in [4.69, 9.17) is 40.5 Å². The van der Waals surface area contributed by atoms with Crippen LogP contribution in [0.15, 0.2) is 70.5 Å². The molecule has 2 atom stereocenters. The molecule has 0 radical (unpaired) electrons. The number of fused-ring (bicyclic) bond motifs is 2. The number of anilines is 3. The molecule has 300 valence electrons. The lowest BCUT2D eigenvalue weighted by Crippen LogP contribution is -2.20. The summed E-state index contributed by atoms with van der Waals surface area (Å²) in [6.07, 6.45) is 2.96. The van der Waals surface area contributed by atoms with Crippen LogP contribution < -0.4 is 32.8 Å². The molecule has 14 nitrogen and oxygen atoms in total. The smallest absolute Gasteiger partial charge is 0.253 e. The first-order valence-electron chi connectivity index (χ1n) is 15.4. The molecule has 22 heteroatoms. The Labute approximate surface area is 353 Å². The fourth-order valence-electron chi connectivity index (χ4n) is 4.63. The molecule has 2 aromatic carbocycles. The number of rotatable bonds is 6. The van der Waals surface area contributed by atoms with Gasteiger partial charge in [-0.25, -0.2) is 23.7 Å². The fraction of sp³-hybridized carbons (Fsp3) is 0.176. The van der Waals surface area contributed by atoms with E-state index in [1.165, 1.54) is 50.5 Å². The number of hydrogen-bond donors (Lipinski definition) is 6. The molecule has 56 heavy (non-hydrogen) atoms. The van der Waals surface area contributed by atoms with Gasteiger partial charge in [-0.15, -0.1) is 12.4 Å². The van der Waals surface area contributed by atoms with Crippen molar-refractivity contribution >= 4 is 125 Å². The van der Waals surface area contributed by atoms with Crippen LogP contribution in [0.4, 0.5) is 26.4 Å². The maximum absolute atomic E-state index is 13.5. The van der Waals surface area contributed by atoms with Crippen molar-refractivity contribution in [2.24, 2.45) is 5.73 Å². The van der Waals surface area contributed by atoms with E-state index in [1.807, 2.05) is 0 Å². The van der Waals surface area contributed by atoms with Gasteiger partial charge in [0.1, 0.15) is 23.3 Å². The molecule has 0 aliphatic heterocycles. The van der Waals surface area contributed by atoms with E-state index in [-0.39, 0.29) is 89.7 Å². The maximum atomic E-state index is 13.5. The highest BCUT2D eigenvalue weighted by Gasteiger charge is 2.14. The Hall–Kier alpha value is -4.56. The molecule has 0 saturated heterocycles. The minimum absolute atomic E-state index is 0. The molecule has 0 aliphatic carbocycles. The summed E-state index contributed by atoms with van der Waals surface area (Å²) in [5, 5.41) is 9.42. The Bertz CT molecular complexity index is 2440. The predicted molar refractivity (Wildman–Crippen MR) is 229 cm³/mol. The van der Waals surface area contributed by atoms with Crippen LogP contribution in [0.1, 0.15) is 50.9 Å². The molecule has 0 aliphatic rings. The zero-order valence-electron chi connectivity index (χ0n) is 29.7. The SMILES string of the molecule is CC(=O)Nc1ccnc(Cl)n1.CC(=O)Nc1ccnc(N[C@@H](C)c2cc3cc(Cl)c(F)cc3[nH]c2=O)n1.C[C@H](N)c1cc2cc(Cl)c(F)cc2[nH]c1=O.Cl.S.S. The second-order valence-corrected chi connectivity index (χ2v) is 12.5. The lowest BCUT2D eigenvalue weighted by molar-refractivity contribution is -0.115. The van der Waals surface area contributed by atoms with Crippen molar-refractivity contribution in [3.63, 3.8) is 0 Å². The third-order valence-electron chi connectivity index (χ3n) is 7.02. The number of nitrogens with zero attached hydrogens (tertiary/aromatic N) is 4. The second-order valence-electron chi connectivity index (χ2n) is 11.3. The number of aromatic amines is 2. The van der Waals surface area contributed by atoms with E-state index in [0.29, 0.717) is 44.6 Å². The number of H-pyrrole nitrogens is 2. The van der Waals surface area contributed by atoms with Crippen molar-refractivity contribution in [2.75, 3.05) is 16.0 Å². The number of carbonyl (C=O) groups excluding carboxylic acids is 2. The van der Waals surface area contributed by atoms with E-state index in [9.17, 15) is 28.0 Å². The Morgan fingerprint density at radius 2 is 1.18 bits per heavy atom. The van der Waals surface area contributed by atoms with Gasteiger partial charge in [-0.1, -0.05) is 23.2 Å². The van der Waals surface area contributed by atoms with Crippen molar-refractivity contribution in [2.45, 2.75) is 39.8 Å². The highest BCUT2D eigenvalue weighted by Crippen LogP contribution is 2.24. The quantitative estimate of drug-likeness (QED) is 0.0917. The van der Waals surface area contributed by atoms with Gasteiger partial charge in [0.2, 0.25) is 23.0 Å². The highest BCUT2D eigenvalue weighted by molar-refractivity contribution is 7.59. The molecule has 0 saturated carbocycles. The van der Waals surface area contributed by atoms with Crippen molar-refractivity contribution < 1.29 is 18.4 Å². The summed E-state index contributed by atoms with van der Waals surface area (Å²) in [4.78, 5) is 66.4. The van der Waals surface area contributed by atoms with Gasteiger partial charge in [0.05, 0.1) is 27.1 Å². The fourth-order valence-corrected chi connectivity index (χ4v) is 5.12. The summed E-state index contributed by atoms with van der Waals surface area (Å²) >= 11 is 16.9. The number of amides is 2. The normalized spacial score (nSPS) is 11.1. The molecule has 6 rings (SSSR count). The summed E-state index contributed by atoms with van der Waals surface area (Å²) < 4.78 is 26.7. The number of carbonyl (C=O) groups is 2. The number of benzene rings is 2. The molecule has 4 aromatic heterocycles. The lowest BCUT2D eigenvalue weighted by Gasteiger charge is -2.14. The standard InChI is InChI=1S/C17H15ClFN5O2.C11H10ClFN2O.C6H6ClN3O.ClH.2H2S/c1-8(21-17-20-4-3-15(24-17)22-9(2)25)11-5-10-6-12(18)13(19)7-14(10)23-16(11)26;1-5(14)7-2-6-3-8(12)9(13)4-10(6)15-11(7)16;1-4(11)9-5-2-3-8-6(7)10-5;;;/h3-8H,1-2H3,(H,23,26)(H2,20,21,22,24,25);2-5H,14H2,1H3,(H,15,16);2-3H,1H3,(H,8,9,10,11);1H;2*1H2/t8-;5-;;;;/m00..../s1. The number of hydrogen-bond acceptors (Lipinski definition) is 10. The van der Waals surface area contributed by atoms with Crippen molar-refractivity contribution in [1.29, 1.82) is 0 Å². The van der Waals surface area contributed by atoms with Gasteiger partial charge >= 0.3 is 0 Å². The number of aromatic nitrogens is 6. The molecule has 0 unspecified atom stereocenters. The van der Waals surface area contributed by atoms with E-state index >= 15 is 0 Å². The summed E-state index contributed by atoms with van der Waals surface area (Å²) in [5.41, 5.74) is 6.62. The Morgan fingerprint density at radius 1 is 0.732 bits per heavy atom. The van der Waals surface area contributed by atoms with Crippen LogP contribution in [0.25, 0.3) is 21.8 Å². The minimum atomic E-state index is -0.600. The minimum Gasteiger partial charge on any atom is -0.347 e. The number of nitrogens with one attached hydrogen (secondary N) is 5. The topological polar surface area (TPSA) is 214 Å². The van der Waals surface area contributed by atoms with Crippen molar-refractivity contribution in [3.8, 4) is 0 Å². The zero-order valence-corrected chi connectivity index (χ0v) is 34.8. The molecule has 0 spiro atoms. The second kappa shape index (κ2) is 22.2. The van der Waals surface area contributed by atoms with Crippen molar-refractivity contribution in [3.05, 3.63) is 120 Å². The number of nitrogens with two attached hydrogens (primary N) is 1. The van der Waals surface area contributed by atoms with Crippen LogP contribution in [0.2, 0.25) is 15.3 Å². The summed E-state index contributed by atoms with van der Waals surface area (Å²) in [6, 6.07) is 10.9. The van der Waals surface area contributed by atoms with Gasteiger partial charge in [0, 0.05) is 54.2 Å². The first kappa shape index (κ1) is 49.5. The molecule has 0 fully saturated rings. The molecular weight excluding hydrogens is 856 g/mol. The third kappa shape index (κ3) is 13.9. The van der Waals surface area contributed by atoms with Crippen molar-refractivity contribution in [1.82, 2.24) is 29.9 Å². The first-order chi connectivity index (χ1) is 25.0. The summed E-state index contributed by atoms with van der Waals surface area (Å²) in [6.45, 7) is 6.24. The predicted octanol–water partition coefficient (Wildman–Crippen LogP) is 7.32. The number of pyridine rings is 2. The first-order valence-corrected chi connectivity index (χ1v) is 16.6. The molecule has 2 amide bonds. The Kier molecular flexibility index (Phi) is 19.7. The van der Waals surface area contributed by atoms with Gasteiger partial charge in [0.15, 0.2) is 0 Å². The van der Waals surface area contributed by atoms with E-state index in [1.54, 1.807) is 38.1 Å². The van der Waals surface area contributed by atoms with E-state index in [2.05, 4.69) is 45.9 Å². The van der Waals surface area contributed by atoms with E-state index < -0.39 is 17.7 Å². The monoisotopic (exact) mass is 890 g/mol. The molecule has 0 bridgehead atoms. The van der Waals surface area contributed by atoms with Crippen LogP contribution in [0.3, 0.4) is 0 Å². The maximum Gasteiger partial charge on any atom is 0.253 e. The van der Waals surface area contributed by atoms with Crippen LogP contribution in [-0.2, 0) is 9.59 Å². The highest BCUT2D eigenvalue weighted by atomic mass is 35.5. The van der Waals surface area contributed by atoms with E-state index in [0.717, 1.165) is 0 Å². The lowest BCUT2D eigenvalue weighted by atomic mass is 10.1. The van der Waals surface area contributed by atoms with Crippen LogP contribution in [0, 0.1) is 11.6 Å². The molecular formula is C34H36Cl4F2N10O4S2.